The molecule has 0 radical (unpaired) electrons. The fourth-order valence-corrected chi connectivity index (χ4v) is 2.68. The Morgan fingerprint density at radius 2 is 1.75 bits per heavy atom. The van der Waals surface area contributed by atoms with Crippen molar-refractivity contribution in [2.24, 2.45) is 0 Å². The monoisotopic (exact) mass is 381 g/mol. The molecule has 2 aromatic rings. The van der Waals surface area contributed by atoms with Gasteiger partial charge in [-0.3, -0.25) is 4.79 Å². The summed E-state index contributed by atoms with van der Waals surface area (Å²) >= 11 is 0. The largest absolute Gasteiger partial charge is 0.493 e. The standard InChI is InChI=1S/C22H23NO5/c1-26-18-12-8-15(14-19(18)27-2)9-13-20(24)28-21(16-6-4-3-5-7-16)22(25)23-17-10-11-17/h3-9,12-14,17,21H,10-11H2,1-2H3,(H,23,25)/b13-9+/t21-/m1/s1. The first-order valence-electron chi connectivity index (χ1n) is 9.06. The van der Waals surface area contributed by atoms with Gasteiger partial charge in [0.2, 0.25) is 6.10 Å². The maximum absolute atomic E-state index is 12.5. The molecule has 0 aromatic heterocycles. The number of hydrogen-bond acceptors (Lipinski definition) is 5. The topological polar surface area (TPSA) is 73.9 Å². The van der Waals surface area contributed by atoms with E-state index in [0.29, 0.717) is 17.1 Å². The van der Waals surface area contributed by atoms with Crippen molar-refractivity contribution in [1.82, 2.24) is 5.32 Å². The Morgan fingerprint density at radius 3 is 2.39 bits per heavy atom. The van der Waals surface area contributed by atoms with E-state index in [1.54, 1.807) is 62.8 Å². The van der Waals surface area contributed by atoms with Crippen LogP contribution in [-0.4, -0.2) is 32.1 Å². The van der Waals surface area contributed by atoms with Crippen LogP contribution in [0.25, 0.3) is 6.08 Å². The van der Waals surface area contributed by atoms with Crippen molar-refractivity contribution >= 4 is 18.0 Å². The third-order valence-electron chi connectivity index (χ3n) is 4.32. The zero-order valence-corrected chi connectivity index (χ0v) is 15.9. The molecule has 1 aliphatic carbocycles. The van der Waals surface area contributed by atoms with Crippen LogP contribution in [0.15, 0.2) is 54.6 Å². The Hall–Kier alpha value is -3.28. The number of ether oxygens (including phenoxy) is 3. The van der Waals surface area contributed by atoms with Crippen LogP contribution >= 0.6 is 0 Å². The molecule has 0 bridgehead atoms. The fraction of sp³-hybridized carbons (Fsp3) is 0.273. The Kier molecular flexibility index (Phi) is 6.32. The van der Waals surface area contributed by atoms with Crippen molar-refractivity contribution in [1.29, 1.82) is 0 Å². The molecule has 0 heterocycles. The minimum absolute atomic E-state index is 0.180. The number of carbonyl (C=O) groups is 2. The van der Waals surface area contributed by atoms with Gasteiger partial charge in [0.25, 0.3) is 5.91 Å². The minimum atomic E-state index is -0.982. The smallest absolute Gasteiger partial charge is 0.331 e. The summed E-state index contributed by atoms with van der Waals surface area (Å²) in [6.07, 6.45) is 3.83. The first-order valence-corrected chi connectivity index (χ1v) is 9.06. The van der Waals surface area contributed by atoms with Gasteiger partial charge in [0.1, 0.15) is 0 Å². The van der Waals surface area contributed by atoms with E-state index in [1.165, 1.54) is 6.08 Å². The number of hydrogen-bond donors (Lipinski definition) is 1. The SMILES string of the molecule is COc1ccc(/C=C/C(=O)O[C@@H](C(=O)NC2CC2)c2ccccc2)cc1OC. The van der Waals surface area contributed by atoms with Crippen LogP contribution in [0.3, 0.4) is 0 Å². The summed E-state index contributed by atoms with van der Waals surface area (Å²) in [6, 6.07) is 14.5. The van der Waals surface area contributed by atoms with Crippen molar-refractivity contribution in [3.05, 3.63) is 65.7 Å². The number of amides is 1. The van der Waals surface area contributed by atoms with E-state index in [1.807, 2.05) is 6.07 Å². The van der Waals surface area contributed by atoms with E-state index >= 15 is 0 Å². The summed E-state index contributed by atoms with van der Waals surface area (Å²) in [7, 11) is 3.10. The van der Waals surface area contributed by atoms with Crippen molar-refractivity contribution in [2.45, 2.75) is 25.0 Å². The molecule has 1 amide bonds. The third-order valence-corrected chi connectivity index (χ3v) is 4.32. The van der Waals surface area contributed by atoms with Gasteiger partial charge in [-0.15, -0.1) is 0 Å². The lowest BCUT2D eigenvalue weighted by Gasteiger charge is -2.17. The van der Waals surface area contributed by atoms with Gasteiger partial charge in [-0.25, -0.2) is 4.79 Å². The predicted molar refractivity (Wildman–Crippen MR) is 105 cm³/mol. The van der Waals surface area contributed by atoms with E-state index in [2.05, 4.69) is 5.32 Å². The lowest BCUT2D eigenvalue weighted by Crippen LogP contribution is -2.33. The molecule has 1 atom stereocenters. The average Bonchev–Trinajstić information content (AvgIpc) is 3.54. The fourth-order valence-electron chi connectivity index (χ4n) is 2.68. The second-order valence-electron chi connectivity index (χ2n) is 6.46. The molecule has 3 rings (SSSR count). The number of rotatable bonds is 8. The first kappa shape index (κ1) is 19.5. The highest BCUT2D eigenvalue weighted by atomic mass is 16.5. The lowest BCUT2D eigenvalue weighted by atomic mass is 10.1. The summed E-state index contributed by atoms with van der Waals surface area (Å²) in [6.45, 7) is 0. The lowest BCUT2D eigenvalue weighted by molar-refractivity contribution is -0.151. The summed E-state index contributed by atoms with van der Waals surface area (Å²) in [5.74, 6) is 0.253. The van der Waals surface area contributed by atoms with E-state index in [4.69, 9.17) is 14.2 Å². The van der Waals surface area contributed by atoms with Crippen LogP contribution in [-0.2, 0) is 14.3 Å². The Morgan fingerprint density at radius 1 is 1.04 bits per heavy atom. The molecular weight excluding hydrogens is 358 g/mol. The number of methoxy groups -OCH3 is 2. The molecule has 6 nitrogen and oxygen atoms in total. The quantitative estimate of drug-likeness (QED) is 0.561. The van der Waals surface area contributed by atoms with Gasteiger partial charge in [0.05, 0.1) is 14.2 Å². The van der Waals surface area contributed by atoms with Crippen molar-refractivity contribution < 1.29 is 23.8 Å². The van der Waals surface area contributed by atoms with Crippen molar-refractivity contribution in [2.75, 3.05) is 14.2 Å². The summed E-state index contributed by atoms with van der Waals surface area (Å²) in [5.41, 5.74) is 1.38. The maximum atomic E-state index is 12.5. The highest BCUT2D eigenvalue weighted by molar-refractivity contribution is 5.91. The van der Waals surface area contributed by atoms with Gasteiger partial charge >= 0.3 is 5.97 Å². The second-order valence-corrected chi connectivity index (χ2v) is 6.46. The number of esters is 1. The molecular formula is C22H23NO5. The highest BCUT2D eigenvalue weighted by Gasteiger charge is 2.30. The van der Waals surface area contributed by atoms with Gasteiger partial charge in [0.15, 0.2) is 11.5 Å². The normalized spacial score (nSPS) is 14.4. The van der Waals surface area contributed by atoms with Crippen molar-refractivity contribution in [3.63, 3.8) is 0 Å². The van der Waals surface area contributed by atoms with E-state index in [9.17, 15) is 9.59 Å². The van der Waals surface area contributed by atoms with Crippen LogP contribution in [0.2, 0.25) is 0 Å². The van der Waals surface area contributed by atoms with Gasteiger partial charge in [-0.2, -0.15) is 0 Å². The molecule has 1 fully saturated rings. The van der Waals surface area contributed by atoms with E-state index < -0.39 is 12.1 Å². The summed E-state index contributed by atoms with van der Waals surface area (Å²) in [4.78, 5) is 24.9. The summed E-state index contributed by atoms with van der Waals surface area (Å²) in [5, 5.41) is 2.89. The van der Waals surface area contributed by atoms with Gasteiger partial charge in [-0.05, 0) is 36.6 Å². The third kappa shape index (κ3) is 5.13. The Balaban J connectivity index is 1.71. The summed E-state index contributed by atoms with van der Waals surface area (Å²) < 4.78 is 15.9. The zero-order chi connectivity index (χ0) is 19.9. The number of nitrogens with one attached hydrogen (secondary N) is 1. The molecule has 0 unspecified atom stereocenters. The predicted octanol–water partition coefficient (Wildman–Crippen LogP) is 3.28. The van der Waals surface area contributed by atoms with E-state index in [0.717, 1.165) is 18.4 Å². The van der Waals surface area contributed by atoms with Crippen LogP contribution in [0.4, 0.5) is 0 Å². The molecule has 146 valence electrons. The first-order chi connectivity index (χ1) is 13.6. The Bertz CT molecular complexity index is 858. The van der Waals surface area contributed by atoms with Crippen LogP contribution in [0.1, 0.15) is 30.1 Å². The number of benzene rings is 2. The molecule has 0 aliphatic heterocycles. The van der Waals surface area contributed by atoms with E-state index in [-0.39, 0.29) is 11.9 Å². The van der Waals surface area contributed by atoms with Crippen LogP contribution < -0.4 is 14.8 Å². The Labute approximate surface area is 164 Å². The maximum Gasteiger partial charge on any atom is 0.331 e. The van der Waals surface area contributed by atoms with Gasteiger partial charge in [-0.1, -0.05) is 36.4 Å². The molecule has 28 heavy (non-hydrogen) atoms. The average molecular weight is 381 g/mol. The minimum Gasteiger partial charge on any atom is -0.493 e. The number of carbonyl (C=O) groups excluding carboxylic acids is 2. The molecule has 0 saturated heterocycles. The molecule has 2 aromatic carbocycles. The zero-order valence-electron chi connectivity index (χ0n) is 15.9. The van der Waals surface area contributed by atoms with Crippen molar-refractivity contribution in [3.8, 4) is 11.5 Å². The molecule has 1 saturated carbocycles. The molecule has 0 spiro atoms. The van der Waals surface area contributed by atoms with Gasteiger partial charge in [0, 0.05) is 17.7 Å². The van der Waals surface area contributed by atoms with Crippen LogP contribution in [0.5, 0.6) is 11.5 Å². The highest BCUT2D eigenvalue weighted by Crippen LogP contribution is 2.28. The molecule has 6 heteroatoms. The van der Waals surface area contributed by atoms with Crippen LogP contribution in [0, 0.1) is 0 Å². The molecule has 1 aliphatic rings. The van der Waals surface area contributed by atoms with Gasteiger partial charge < -0.3 is 19.5 Å². The molecule has 1 N–H and O–H groups in total. The second kappa shape index (κ2) is 9.08.